The van der Waals surface area contributed by atoms with Gasteiger partial charge in [0.05, 0.1) is 6.61 Å². The molecule has 0 heterocycles. The maximum Gasteiger partial charge on any atom is 0.345 e. The predicted molar refractivity (Wildman–Crippen MR) is 93.8 cm³/mol. The summed E-state index contributed by atoms with van der Waals surface area (Å²) >= 11 is 0. The van der Waals surface area contributed by atoms with Crippen molar-refractivity contribution >= 4 is 11.8 Å². The Labute approximate surface area is 149 Å². The molecule has 0 bridgehead atoms. The molecule has 0 saturated carbocycles. The number of carbonyl (C=O) groups is 2. The summed E-state index contributed by atoms with van der Waals surface area (Å²) in [4.78, 5) is 23.3. The zero-order chi connectivity index (χ0) is 19.1. The fraction of sp³-hybridized carbons (Fsp3) is 0.789. The van der Waals surface area contributed by atoms with Crippen molar-refractivity contribution in [2.75, 3.05) is 6.61 Å². The molecule has 0 spiro atoms. The second kappa shape index (κ2) is 14.8. The van der Waals surface area contributed by atoms with Gasteiger partial charge >= 0.3 is 5.97 Å². The molecule has 1 N–H and O–H groups in total. The Morgan fingerprint density at radius 3 is 1.80 bits per heavy atom. The summed E-state index contributed by atoms with van der Waals surface area (Å²) < 4.78 is 29.9. The summed E-state index contributed by atoms with van der Waals surface area (Å²) in [5.41, 5.74) is -0.926. The van der Waals surface area contributed by atoms with Crippen molar-refractivity contribution in [1.82, 2.24) is 0 Å². The van der Waals surface area contributed by atoms with Gasteiger partial charge in [-0.2, -0.15) is 0 Å². The van der Waals surface area contributed by atoms with Gasteiger partial charge in [0.15, 0.2) is 11.5 Å². The number of unbranched alkanes of at least 4 members (excludes halogenated alkanes) is 9. The monoisotopic (exact) mass is 362 g/mol. The van der Waals surface area contributed by atoms with Crippen LogP contribution in [0, 0.1) is 0 Å². The van der Waals surface area contributed by atoms with Crippen molar-refractivity contribution in [3.05, 3.63) is 11.3 Å². The molecule has 0 atom stereocenters. The van der Waals surface area contributed by atoms with Crippen molar-refractivity contribution in [2.45, 2.75) is 90.9 Å². The van der Waals surface area contributed by atoms with Crippen molar-refractivity contribution in [3.8, 4) is 0 Å². The van der Waals surface area contributed by atoms with Crippen LogP contribution in [-0.2, 0) is 14.3 Å². The summed E-state index contributed by atoms with van der Waals surface area (Å²) in [5, 5.41) is 9.24. The van der Waals surface area contributed by atoms with Crippen LogP contribution in [-0.4, -0.2) is 29.9 Å². The fourth-order valence-corrected chi connectivity index (χ4v) is 2.47. The number of hydrogen-bond donors (Lipinski definition) is 1. The average Bonchev–Trinajstić information content (AvgIpc) is 2.59. The number of hydrogen-bond acceptors (Lipinski definition) is 4. The standard InChI is InChI=1S/C19H32F2O4/c1-3-5-6-7-8-9-10-11-12-13-14-25-19(24)16(15(22)4-2)17(23)18(20)21/h18,23H,3-14H2,1-2H3/b17-16+. The highest BCUT2D eigenvalue weighted by Gasteiger charge is 2.27. The topological polar surface area (TPSA) is 63.6 Å². The largest absolute Gasteiger partial charge is 0.506 e. The van der Waals surface area contributed by atoms with Gasteiger partial charge < -0.3 is 9.84 Å². The van der Waals surface area contributed by atoms with Crippen LogP contribution in [0.5, 0.6) is 0 Å². The Morgan fingerprint density at radius 1 is 0.880 bits per heavy atom. The minimum atomic E-state index is -3.27. The number of ketones is 1. The quantitative estimate of drug-likeness (QED) is 0.104. The smallest absolute Gasteiger partial charge is 0.345 e. The van der Waals surface area contributed by atoms with E-state index in [4.69, 9.17) is 4.74 Å². The molecule has 0 aliphatic rings. The molecule has 0 radical (unpaired) electrons. The maximum absolute atomic E-state index is 12.5. The zero-order valence-electron chi connectivity index (χ0n) is 15.5. The van der Waals surface area contributed by atoms with Crippen LogP contribution in [0.2, 0.25) is 0 Å². The molecule has 0 unspecified atom stereocenters. The number of allylic oxidation sites excluding steroid dienone is 1. The van der Waals surface area contributed by atoms with E-state index in [-0.39, 0.29) is 13.0 Å². The van der Waals surface area contributed by atoms with Gasteiger partial charge in [-0.15, -0.1) is 0 Å². The molecular formula is C19H32F2O4. The van der Waals surface area contributed by atoms with Gasteiger partial charge in [-0.05, 0) is 6.42 Å². The molecule has 0 aliphatic heterocycles. The first-order valence-corrected chi connectivity index (χ1v) is 9.37. The first kappa shape index (κ1) is 23.5. The molecular weight excluding hydrogens is 330 g/mol. The van der Waals surface area contributed by atoms with Gasteiger partial charge in [0.25, 0.3) is 6.43 Å². The zero-order valence-corrected chi connectivity index (χ0v) is 15.5. The Hall–Kier alpha value is -1.46. The Bertz CT molecular complexity index is 420. The minimum Gasteiger partial charge on any atom is -0.506 e. The van der Waals surface area contributed by atoms with Gasteiger partial charge in [0.2, 0.25) is 0 Å². The Kier molecular flexibility index (Phi) is 14.0. The van der Waals surface area contributed by atoms with E-state index in [1.165, 1.54) is 45.4 Å². The number of carbonyl (C=O) groups excluding carboxylic acids is 2. The van der Waals surface area contributed by atoms with E-state index >= 15 is 0 Å². The van der Waals surface area contributed by atoms with Crippen molar-refractivity contribution < 1.29 is 28.2 Å². The van der Waals surface area contributed by atoms with E-state index in [1.807, 2.05) is 0 Å². The maximum atomic E-state index is 12.5. The molecule has 0 amide bonds. The van der Waals surface area contributed by atoms with Gasteiger partial charge in [0, 0.05) is 6.42 Å². The van der Waals surface area contributed by atoms with E-state index in [0.717, 1.165) is 19.3 Å². The van der Waals surface area contributed by atoms with E-state index in [0.29, 0.717) is 6.42 Å². The molecule has 6 heteroatoms. The molecule has 4 nitrogen and oxygen atoms in total. The minimum absolute atomic E-state index is 0.0619. The summed E-state index contributed by atoms with van der Waals surface area (Å²) in [6, 6.07) is 0. The lowest BCUT2D eigenvalue weighted by Gasteiger charge is -2.09. The van der Waals surface area contributed by atoms with Crippen LogP contribution in [0.3, 0.4) is 0 Å². The third-order valence-corrected chi connectivity index (χ3v) is 4.00. The number of alkyl halides is 2. The third-order valence-electron chi connectivity index (χ3n) is 4.00. The number of esters is 1. The van der Waals surface area contributed by atoms with Crippen LogP contribution in [0.15, 0.2) is 11.3 Å². The molecule has 0 aromatic rings. The molecule has 0 saturated heterocycles. The molecule has 0 aliphatic carbocycles. The highest BCUT2D eigenvalue weighted by Crippen LogP contribution is 2.16. The van der Waals surface area contributed by atoms with E-state index in [2.05, 4.69) is 6.92 Å². The molecule has 146 valence electrons. The van der Waals surface area contributed by atoms with Crippen LogP contribution >= 0.6 is 0 Å². The number of halogens is 2. The number of ether oxygens (including phenoxy) is 1. The third kappa shape index (κ3) is 10.9. The summed E-state index contributed by atoms with van der Waals surface area (Å²) in [5.74, 6) is -3.51. The first-order valence-electron chi connectivity index (χ1n) is 9.37. The number of Topliss-reactive ketones (excluding diaryl/α,β-unsaturated/α-hetero) is 1. The number of aliphatic hydroxyl groups excluding tert-OH is 1. The highest BCUT2D eigenvalue weighted by atomic mass is 19.3. The van der Waals surface area contributed by atoms with Crippen molar-refractivity contribution in [2.24, 2.45) is 0 Å². The second-order valence-corrected chi connectivity index (χ2v) is 6.16. The van der Waals surface area contributed by atoms with Gasteiger partial charge in [-0.25, -0.2) is 13.6 Å². The van der Waals surface area contributed by atoms with E-state index < -0.39 is 29.5 Å². The number of aliphatic hydroxyl groups is 1. The lowest BCUT2D eigenvalue weighted by Crippen LogP contribution is -2.20. The van der Waals surface area contributed by atoms with E-state index in [9.17, 15) is 23.5 Å². The predicted octanol–water partition coefficient (Wildman–Crippen LogP) is 5.51. The molecule has 0 fully saturated rings. The van der Waals surface area contributed by atoms with Crippen molar-refractivity contribution in [3.63, 3.8) is 0 Å². The van der Waals surface area contributed by atoms with Crippen LogP contribution < -0.4 is 0 Å². The first-order chi connectivity index (χ1) is 12.0. The lowest BCUT2D eigenvalue weighted by atomic mass is 10.1. The van der Waals surface area contributed by atoms with Gasteiger partial charge in [0.1, 0.15) is 5.57 Å². The van der Waals surface area contributed by atoms with Crippen LogP contribution in [0.25, 0.3) is 0 Å². The summed E-state index contributed by atoms with van der Waals surface area (Å²) in [6.45, 7) is 3.68. The normalized spacial score (nSPS) is 12.2. The SMILES string of the molecule is CCCCCCCCCCCCOC(=O)/C(C(=O)CC)=C(/O)C(F)F. The summed E-state index contributed by atoms with van der Waals surface area (Å²) in [6.07, 6.45) is 7.79. The van der Waals surface area contributed by atoms with Crippen molar-refractivity contribution in [1.29, 1.82) is 0 Å². The second-order valence-electron chi connectivity index (χ2n) is 6.16. The Morgan fingerprint density at radius 2 is 1.36 bits per heavy atom. The number of rotatable bonds is 15. The van der Waals surface area contributed by atoms with Crippen LogP contribution in [0.1, 0.15) is 84.5 Å². The Balaban J connectivity index is 3.94. The van der Waals surface area contributed by atoms with Crippen LogP contribution in [0.4, 0.5) is 8.78 Å². The molecule has 0 rings (SSSR count). The fourth-order valence-electron chi connectivity index (χ4n) is 2.47. The van der Waals surface area contributed by atoms with Gasteiger partial charge in [-0.1, -0.05) is 71.6 Å². The van der Waals surface area contributed by atoms with Gasteiger partial charge in [-0.3, -0.25) is 4.79 Å². The lowest BCUT2D eigenvalue weighted by molar-refractivity contribution is -0.141. The highest BCUT2D eigenvalue weighted by molar-refractivity contribution is 6.17. The average molecular weight is 362 g/mol. The summed E-state index contributed by atoms with van der Waals surface area (Å²) in [7, 11) is 0. The molecule has 0 aromatic carbocycles. The molecule has 25 heavy (non-hydrogen) atoms. The van der Waals surface area contributed by atoms with E-state index in [1.54, 1.807) is 0 Å². The molecule has 0 aromatic heterocycles.